The van der Waals surface area contributed by atoms with E-state index < -0.39 is 0 Å². The number of aromatic nitrogens is 7. The zero-order valence-electron chi connectivity index (χ0n) is 19.7. The van der Waals surface area contributed by atoms with Crippen molar-refractivity contribution in [2.45, 2.75) is 12.8 Å². The van der Waals surface area contributed by atoms with E-state index in [-0.39, 0.29) is 5.82 Å². The molecule has 6 aromatic rings. The van der Waals surface area contributed by atoms with E-state index in [0.29, 0.717) is 34.0 Å². The van der Waals surface area contributed by atoms with Gasteiger partial charge in [0.2, 0.25) is 0 Å². The summed E-state index contributed by atoms with van der Waals surface area (Å²) in [5, 5.41) is 10.9. The Morgan fingerprint density at radius 2 is 1.81 bits per heavy atom. The number of benzene rings is 1. The van der Waals surface area contributed by atoms with Crippen molar-refractivity contribution in [3.63, 3.8) is 0 Å². The second kappa shape index (κ2) is 8.34. The highest BCUT2D eigenvalue weighted by molar-refractivity contribution is 5.95. The SMILES string of the molecule is C=C(Nc1cncc(-c2ccc3[nH]nc(-c4nc5c(-c6cccc(F)c6)cncc5[nH]4)c3n2)c1)C1CC1. The van der Waals surface area contributed by atoms with Gasteiger partial charge in [-0.1, -0.05) is 18.7 Å². The normalized spacial score (nSPS) is 13.3. The van der Waals surface area contributed by atoms with Gasteiger partial charge in [-0.05, 0) is 54.7 Å². The zero-order valence-corrected chi connectivity index (χ0v) is 19.7. The number of fused-ring (bicyclic) bond motifs is 2. The van der Waals surface area contributed by atoms with Gasteiger partial charge in [0.05, 0.1) is 40.3 Å². The Balaban J connectivity index is 1.28. The van der Waals surface area contributed by atoms with Crippen LogP contribution in [-0.2, 0) is 0 Å². The average Bonchev–Trinajstić information content (AvgIpc) is 3.55. The highest BCUT2D eigenvalue weighted by atomic mass is 19.1. The summed E-state index contributed by atoms with van der Waals surface area (Å²) in [6, 6.07) is 12.3. The first-order valence-corrected chi connectivity index (χ1v) is 12.0. The molecule has 1 aliphatic carbocycles. The number of halogens is 1. The number of pyridine rings is 3. The third kappa shape index (κ3) is 3.90. The molecule has 1 aromatic carbocycles. The molecular weight excluding hydrogens is 467 g/mol. The van der Waals surface area contributed by atoms with Gasteiger partial charge in [0.25, 0.3) is 0 Å². The summed E-state index contributed by atoms with van der Waals surface area (Å²) in [5.41, 5.74) is 8.45. The smallest absolute Gasteiger partial charge is 0.161 e. The van der Waals surface area contributed by atoms with Crippen LogP contribution in [0.3, 0.4) is 0 Å². The van der Waals surface area contributed by atoms with Gasteiger partial charge < -0.3 is 10.3 Å². The van der Waals surface area contributed by atoms with E-state index in [9.17, 15) is 4.39 Å². The molecule has 7 rings (SSSR count). The second-order valence-electron chi connectivity index (χ2n) is 9.23. The van der Waals surface area contributed by atoms with E-state index in [0.717, 1.165) is 39.2 Å². The highest BCUT2D eigenvalue weighted by Crippen LogP contribution is 2.36. The molecule has 180 valence electrons. The summed E-state index contributed by atoms with van der Waals surface area (Å²) in [5.74, 6) is 0.781. The molecule has 0 spiro atoms. The number of rotatable bonds is 6. The van der Waals surface area contributed by atoms with Gasteiger partial charge >= 0.3 is 0 Å². The van der Waals surface area contributed by atoms with E-state index in [1.54, 1.807) is 30.9 Å². The summed E-state index contributed by atoms with van der Waals surface area (Å²) in [6.45, 7) is 4.14. The predicted molar refractivity (Wildman–Crippen MR) is 141 cm³/mol. The van der Waals surface area contributed by atoms with Crippen LogP contribution in [0.4, 0.5) is 10.1 Å². The number of hydrogen-bond acceptors (Lipinski definition) is 6. The maximum atomic E-state index is 13.9. The molecule has 37 heavy (non-hydrogen) atoms. The van der Waals surface area contributed by atoms with Crippen molar-refractivity contribution < 1.29 is 4.39 Å². The number of imidazole rings is 1. The Hall–Kier alpha value is -4.92. The van der Waals surface area contributed by atoms with Gasteiger partial charge in [-0.2, -0.15) is 5.10 Å². The van der Waals surface area contributed by atoms with Crippen molar-refractivity contribution in [3.05, 3.63) is 85.3 Å². The summed E-state index contributed by atoms with van der Waals surface area (Å²) in [7, 11) is 0. The molecule has 0 saturated heterocycles. The molecule has 1 saturated carbocycles. The van der Waals surface area contributed by atoms with E-state index in [1.807, 2.05) is 24.3 Å². The molecule has 1 fully saturated rings. The van der Waals surface area contributed by atoms with Crippen molar-refractivity contribution in [3.8, 4) is 33.9 Å². The summed E-state index contributed by atoms with van der Waals surface area (Å²) in [4.78, 5) is 21.7. The topological polar surface area (TPSA) is 108 Å². The van der Waals surface area contributed by atoms with Gasteiger partial charge in [-0.15, -0.1) is 0 Å². The quantitative estimate of drug-likeness (QED) is 0.261. The molecule has 0 unspecified atom stereocenters. The lowest BCUT2D eigenvalue weighted by molar-refractivity contribution is 0.628. The van der Waals surface area contributed by atoms with E-state index in [4.69, 9.17) is 9.97 Å². The molecular formula is C28H21FN8. The van der Waals surface area contributed by atoms with Crippen LogP contribution >= 0.6 is 0 Å². The van der Waals surface area contributed by atoms with Crippen molar-refractivity contribution in [1.29, 1.82) is 0 Å². The van der Waals surface area contributed by atoms with Gasteiger partial charge in [-0.3, -0.25) is 15.1 Å². The maximum Gasteiger partial charge on any atom is 0.161 e. The number of allylic oxidation sites excluding steroid dienone is 1. The molecule has 1 aliphatic rings. The fourth-order valence-corrected chi connectivity index (χ4v) is 4.50. The number of anilines is 1. The minimum atomic E-state index is -0.314. The van der Waals surface area contributed by atoms with Gasteiger partial charge in [0.15, 0.2) is 11.5 Å². The molecule has 9 heteroatoms. The van der Waals surface area contributed by atoms with E-state index >= 15 is 0 Å². The number of aromatic amines is 2. The fraction of sp³-hybridized carbons (Fsp3) is 0.107. The average molecular weight is 489 g/mol. The van der Waals surface area contributed by atoms with Crippen LogP contribution in [0.1, 0.15) is 12.8 Å². The van der Waals surface area contributed by atoms with Crippen LogP contribution in [0.15, 0.2) is 79.5 Å². The Labute approximate surface area is 210 Å². The summed E-state index contributed by atoms with van der Waals surface area (Å²) < 4.78 is 13.9. The summed E-state index contributed by atoms with van der Waals surface area (Å²) >= 11 is 0. The second-order valence-corrected chi connectivity index (χ2v) is 9.23. The van der Waals surface area contributed by atoms with Crippen LogP contribution in [0.2, 0.25) is 0 Å². The first-order valence-electron chi connectivity index (χ1n) is 12.0. The number of H-pyrrole nitrogens is 2. The largest absolute Gasteiger partial charge is 0.358 e. The minimum absolute atomic E-state index is 0.314. The number of hydrogen-bond donors (Lipinski definition) is 3. The van der Waals surface area contributed by atoms with Crippen LogP contribution in [0, 0.1) is 11.7 Å². The standard InChI is InChI=1S/C28H21FN8/c1-15(16-5-6-16)32-20-10-18(11-30-12-20)22-7-8-23-26(33-22)27(37-36-23)28-34-24-14-31-13-21(25(24)35-28)17-3-2-4-19(29)9-17/h2-4,7-14,16,32H,1,5-6H2,(H,34,35)(H,36,37). The van der Waals surface area contributed by atoms with Crippen molar-refractivity contribution in [1.82, 2.24) is 35.1 Å². The lowest BCUT2D eigenvalue weighted by atomic mass is 10.1. The Morgan fingerprint density at radius 3 is 2.68 bits per heavy atom. The van der Waals surface area contributed by atoms with Crippen molar-refractivity contribution >= 4 is 27.8 Å². The Kier molecular flexibility index (Phi) is 4.81. The van der Waals surface area contributed by atoms with Crippen LogP contribution in [-0.4, -0.2) is 35.1 Å². The molecule has 0 atom stereocenters. The monoisotopic (exact) mass is 488 g/mol. The van der Waals surface area contributed by atoms with Gasteiger partial charge in [-0.25, -0.2) is 14.4 Å². The van der Waals surface area contributed by atoms with Crippen molar-refractivity contribution in [2.75, 3.05) is 5.32 Å². The van der Waals surface area contributed by atoms with Gasteiger partial charge in [0, 0.05) is 29.2 Å². The predicted octanol–water partition coefficient (Wildman–Crippen LogP) is 6.10. The minimum Gasteiger partial charge on any atom is -0.358 e. The first kappa shape index (κ1) is 21.4. The number of nitrogens with one attached hydrogen (secondary N) is 3. The van der Waals surface area contributed by atoms with E-state index in [1.165, 1.54) is 25.0 Å². The molecule has 0 aliphatic heterocycles. The molecule has 0 bridgehead atoms. The Bertz CT molecular complexity index is 1810. The number of nitrogens with zero attached hydrogens (tertiary/aromatic N) is 5. The Morgan fingerprint density at radius 1 is 0.919 bits per heavy atom. The van der Waals surface area contributed by atoms with Crippen molar-refractivity contribution in [2.24, 2.45) is 5.92 Å². The maximum absolute atomic E-state index is 13.9. The lowest BCUT2D eigenvalue weighted by Crippen LogP contribution is -2.00. The van der Waals surface area contributed by atoms with Crippen LogP contribution in [0.25, 0.3) is 56.0 Å². The fourth-order valence-electron chi connectivity index (χ4n) is 4.50. The molecule has 0 radical (unpaired) electrons. The lowest BCUT2D eigenvalue weighted by Gasteiger charge is -2.09. The molecule has 3 N–H and O–H groups in total. The molecule has 8 nitrogen and oxygen atoms in total. The van der Waals surface area contributed by atoms with E-state index in [2.05, 4.69) is 37.0 Å². The molecule has 0 amide bonds. The van der Waals surface area contributed by atoms with Crippen LogP contribution < -0.4 is 5.32 Å². The zero-order chi connectivity index (χ0) is 24.9. The molecule has 5 aromatic heterocycles. The summed E-state index contributed by atoms with van der Waals surface area (Å²) in [6.07, 6.45) is 9.33. The third-order valence-corrected chi connectivity index (χ3v) is 6.57. The molecule has 5 heterocycles. The van der Waals surface area contributed by atoms with Gasteiger partial charge in [0.1, 0.15) is 11.3 Å². The van der Waals surface area contributed by atoms with Crippen LogP contribution in [0.5, 0.6) is 0 Å². The first-order chi connectivity index (χ1) is 18.1. The third-order valence-electron chi connectivity index (χ3n) is 6.57. The highest BCUT2D eigenvalue weighted by Gasteiger charge is 2.24.